The van der Waals surface area contributed by atoms with E-state index >= 15 is 0 Å². The summed E-state index contributed by atoms with van der Waals surface area (Å²) in [5.41, 5.74) is 3.98. The van der Waals surface area contributed by atoms with Crippen molar-refractivity contribution < 1.29 is 14.7 Å². The van der Waals surface area contributed by atoms with Crippen molar-refractivity contribution >= 4 is 44.9 Å². The van der Waals surface area contributed by atoms with Crippen LogP contribution in [0.2, 0.25) is 0 Å². The van der Waals surface area contributed by atoms with Crippen LogP contribution < -0.4 is 10.6 Å². The van der Waals surface area contributed by atoms with Crippen LogP contribution in [0.5, 0.6) is 0 Å². The lowest BCUT2D eigenvalue weighted by molar-refractivity contribution is -0.115. The largest absolute Gasteiger partial charge is 0.478 e. The highest BCUT2D eigenvalue weighted by atomic mass is 32.1. The average Bonchev–Trinajstić information content (AvgIpc) is 3.11. The molecule has 0 aliphatic rings. The number of aromatic carboxylic acids is 1. The Morgan fingerprint density at radius 1 is 1.06 bits per heavy atom. The molecule has 0 saturated carbocycles. The minimum atomic E-state index is -1.04. The van der Waals surface area contributed by atoms with Gasteiger partial charge in [0.2, 0.25) is 5.91 Å². The van der Waals surface area contributed by atoms with Crippen molar-refractivity contribution in [2.24, 2.45) is 0 Å². The monoisotopic (exact) mass is 446 g/mol. The van der Waals surface area contributed by atoms with Gasteiger partial charge in [-0.05, 0) is 37.6 Å². The Morgan fingerprint density at radius 2 is 1.84 bits per heavy atom. The van der Waals surface area contributed by atoms with Gasteiger partial charge in [0.25, 0.3) is 0 Å². The molecule has 3 N–H and O–H groups in total. The summed E-state index contributed by atoms with van der Waals surface area (Å²) >= 11 is 1.62. The summed E-state index contributed by atoms with van der Waals surface area (Å²) in [4.78, 5) is 34.3. The fourth-order valence-electron chi connectivity index (χ4n) is 3.49. The number of carboxylic acids is 1. The zero-order valence-electron chi connectivity index (χ0n) is 17.7. The number of hydrogen-bond acceptors (Lipinski definition) is 6. The molecule has 7 nitrogen and oxygen atoms in total. The molecule has 0 fully saturated rings. The molecule has 32 heavy (non-hydrogen) atoms. The van der Waals surface area contributed by atoms with E-state index in [1.54, 1.807) is 23.5 Å². The van der Waals surface area contributed by atoms with Gasteiger partial charge in [-0.3, -0.25) is 4.79 Å². The first kappa shape index (κ1) is 21.5. The molecule has 0 saturated heterocycles. The first-order valence-corrected chi connectivity index (χ1v) is 10.9. The molecule has 162 valence electrons. The number of anilines is 2. The number of aromatic nitrogens is 2. The van der Waals surface area contributed by atoms with Crippen molar-refractivity contribution in [1.29, 1.82) is 0 Å². The van der Waals surface area contributed by atoms with Crippen LogP contribution in [-0.4, -0.2) is 33.5 Å². The summed E-state index contributed by atoms with van der Waals surface area (Å²) in [5, 5.41) is 16.0. The quantitative estimate of drug-likeness (QED) is 0.364. The minimum Gasteiger partial charge on any atom is -0.478 e. The normalized spacial score (nSPS) is 10.8. The van der Waals surface area contributed by atoms with Crippen molar-refractivity contribution in [3.8, 4) is 11.1 Å². The second-order valence-electron chi connectivity index (χ2n) is 7.41. The Labute approximate surface area is 189 Å². The molecule has 2 heterocycles. The van der Waals surface area contributed by atoms with Crippen molar-refractivity contribution in [3.05, 3.63) is 70.9 Å². The molecule has 2 aromatic carbocycles. The highest BCUT2D eigenvalue weighted by molar-refractivity contribution is 7.19. The van der Waals surface area contributed by atoms with E-state index in [2.05, 4.69) is 58.7 Å². The lowest BCUT2D eigenvalue weighted by Gasteiger charge is -2.10. The Kier molecular flexibility index (Phi) is 6.13. The number of fused-ring (bicyclic) bond motifs is 1. The molecule has 2 aromatic heterocycles. The molecular formula is C24H22N4O3S. The third-order valence-corrected chi connectivity index (χ3v) is 6.06. The number of carbonyl (C=O) groups excluding carboxylic acids is 1. The van der Waals surface area contributed by atoms with Crippen LogP contribution in [0.3, 0.4) is 0 Å². The average molecular weight is 447 g/mol. The Balaban J connectivity index is 1.49. The summed E-state index contributed by atoms with van der Waals surface area (Å²) in [7, 11) is 0. The molecule has 1 amide bonds. The maximum Gasteiger partial charge on any atom is 0.335 e. The predicted molar refractivity (Wildman–Crippen MR) is 127 cm³/mol. The Morgan fingerprint density at radius 3 is 2.59 bits per heavy atom. The number of aryl methyl sites for hydroxylation is 2. The van der Waals surface area contributed by atoms with E-state index in [1.807, 2.05) is 0 Å². The molecule has 4 aromatic rings. The smallest absolute Gasteiger partial charge is 0.335 e. The number of amides is 1. The van der Waals surface area contributed by atoms with Crippen LogP contribution in [0.4, 0.5) is 11.5 Å². The van der Waals surface area contributed by atoms with E-state index in [-0.39, 0.29) is 17.9 Å². The van der Waals surface area contributed by atoms with Crippen LogP contribution >= 0.6 is 11.3 Å². The van der Waals surface area contributed by atoms with E-state index in [0.29, 0.717) is 18.1 Å². The number of nitrogens with zero attached hydrogens (tertiary/aromatic N) is 2. The molecular weight excluding hydrogens is 424 g/mol. The molecule has 0 aliphatic heterocycles. The number of nitrogens with one attached hydrogen (secondary N) is 2. The van der Waals surface area contributed by atoms with Crippen molar-refractivity contribution in [2.45, 2.75) is 20.3 Å². The maximum absolute atomic E-state index is 12.3. The van der Waals surface area contributed by atoms with Gasteiger partial charge < -0.3 is 15.7 Å². The first-order valence-electron chi connectivity index (χ1n) is 10.1. The molecule has 0 radical (unpaired) electrons. The summed E-state index contributed by atoms with van der Waals surface area (Å²) in [6.45, 7) is 4.50. The molecule has 0 bridgehead atoms. The van der Waals surface area contributed by atoms with Crippen LogP contribution in [0, 0.1) is 13.8 Å². The van der Waals surface area contributed by atoms with Gasteiger partial charge in [-0.1, -0.05) is 35.9 Å². The van der Waals surface area contributed by atoms with Crippen molar-refractivity contribution in [2.75, 3.05) is 17.2 Å². The van der Waals surface area contributed by atoms with Crippen LogP contribution in [0.15, 0.2) is 54.9 Å². The maximum atomic E-state index is 12.3. The second-order valence-corrected chi connectivity index (χ2v) is 8.62. The van der Waals surface area contributed by atoms with Gasteiger partial charge in [-0.2, -0.15) is 0 Å². The number of carboxylic acid groups (broad SMARTS) is 1. The Hall–Kier alpha value is -3.78. The second kappa shape index (κ2) is 9.15. The van der Waals surface area contributed by atoms with E-state index < -0.39 is 5.97 Å². The topological polar surface area (TPSA) is 104 Å². The van der Waals surface area contributed by atoms with Gasteiger partial charge in [-0.15, -0.1) is 11.3 Å². The first-order chi connectivity index (χ1) is 15.4. The van der Waals surface area contributed by atoms with E-state index in [4.69, 9.17) is 5.11 Å². The number of carbonyl (C=O) groups is 2. The molecule has 0 spiro atoms. The van der Waals surface area contributed by atoms with Gasteiger partial charge in [0.1, 0.15) is 17.0 Å². The van der Waals surface area contributed by atoms with Gasteiger partial charge in [0.05, 0.1) is 10.9 Å². The SMILES string of the molecule is Cc1ccc(-c2c(C)sc3ncnc(NCCC(=O)Nc4cccc(C(=O)O)c4)c23)cc1. The zero-order chi connectivity index (χ0) is 22.7. The summed E-state index contributed by atoms with van der Waals surface area (Å²) < 4.78 is 0. The minimum absolute atomic E-state index is 0.126. The third-order valence-electron chi connectivity index (χ3n) is 5.04. The van der Waals surface area contributed by atoms with Crippen LogP contribution in [0.1, 0.15) is 27.2 Å². The molecule has 8 heteroatoms. The van der Waals surface area contributed by atoms with E-state index in [0.717, 1.165) is 26.2 Å². The van der Waals surface area contributed by atoms with Gasteiger partial charge in [0, 0.05) is 29.1 Å². The number of thiophene rings is 1. The van der Waals surface area contributed by atoms with Crippen LogP contribution in [0.25, 0.3) is 21.3 Å². The van der Waals surface area contributed by atoms with E-state index in [9.17, 15) is 9.59 Å². The van der Waals surface area contributed by atoms with Crippen molar-refractivity contribution in [1.82, 2.24) is 9.97 Å². The fourth-order valence-corrected chi connectivity index (χ4v) is 4.51. The highest BCUT2D eigenvalue weighted by Crippen LogP contribution is 2.40. The predicted octanol–water partition coefficient (Wildman–Crippen LogP) is 5.11. The lowest BCUT2D eigenvalue weighted by Crippen LogP contribution is -2.17. The van der Waals surface area contributed by atoms with E-state index in [1.165, 1.54) is 24.0 Å². The fraction of sp³-hybridized carbons (Fsp3) is 0.167. The van der Waals surface area contributed by atoms with Gasteiger partial charge >= 0.3 is 5.97 Å². The zero-order valence-corrected chi connectivity index (χ0v) is 18.5. The number of rotatable bonds is 7. The summed E-state index contributed by atoms with van der Waals surface area (Å²) in [6, 6.07) is 14.5. The highest BCUT2D eigenvalue weighted by Gasteiger charge is 2.17. The molecule has 0 aliphatic carbocycles. The van der Waals surface area contributed by atoms with Gasteiger partial charge in [-0.25, -0.2) is 14.8 Å². The molecule has 0 unspecified atom stereocenters. The van der Waals surface area contributed by atoms with Crippen LogP contribution in [-0.2, 0) is 4.79 Å². The Bertz CT molecular complexity index is 1300. The summed E-state index contributed by atoms with van der Waals surface area (Å²) in [5.74, 6) is -0.563. The van der Waals surface area contributed by atoms with Gasteiger partial charge in [0.15, 0.2) is 0 Å². The lowest BCUT2D eigenvalue weighted by atomic mass is 10.0. The molecule has 4 rings (SSSR count). The summed E-state index contributed by atoms with van der Waals surface area (Å²) in [6.07, 6.45) is 1.72. The number of benzene rings is 2. The number of hydrogen-bond donors (Lipinski definition) is 3. The standard InChI is InChI=1S/C24H22N4O3S/c1-14-6-8-16(9-7-14)20-15(2)32-23-21(20)22(26-13-27-23)25-11-10-19(29)28-18-5-3-4-17(12-18)24(30)31/h3-9,12-13H,10-11H2,1-2H3,(H,28,29)(H,30,31)(H,25,26,27). The van der Waals surface area contributed by atoms with Crippen molar-refractivity contribution in [3.63, 3.8) is 0 Å². The third kappa shape index (κ3) is 4.60. The molecule has 0 atom stereocenters.